The van der Waals surface area contributed by atoms with Crippen LogP contribution >= 0.6 is 44.1 Å². The van der Waals surface area contributed by atoms with Gasteiger partial charge in [-0.15, -0.1) is 0 Å². The molecule has 0 fully saturated rings. The fraction of sp³-hybridized carbons (Fsp3) is 0.300. The first-order valence-electron chi connectivity index (χ1n) is 4.73. The van der Waals surface area contributed by atoms with E-state index in [0.29, 0.717) is 32.9 Å². The predicted octanol–water partition coefficient (Wildman–Crippen LogP) is 3.28. The minimum absolute atomic E-state index is 0.308. The second-order valence-electron chi connectivity index (χ2n) is 3.12. The third-order valence-electron chi connectivity index (χ3n) is 1.84. The van der Waals surface area contributed by atoms with Crippen molar-refractivity contribution in [3.63, 3.8) is 0 Å². The van der Waals surface area contributed by atoms with E-state index in [1.165, 1.54) is 6.07 Å². The number of ether oxygens (including phenoxy) is 1. The summed E-state index contributed by atoms with van der Waals surface area (Å²) in [7, 11) is 1.60. The lowest BCUT2D eigenvalue weighted by molar-refractivity contribution is 0.204. The van der Waals surface area contributed by atoms with Gasteiger partial charge in [0.2, 0.25) is 0 Å². The second kappa shape index (κ2) is 7.25. The molecule has 2 N–H and O–H groups in total. The van der Waals surface area contributed by atoms with Gasteiger partial charge in [-0.25, -0.2) is 4.39 Å². The molecule has 94 valence electrons. The number of thiocarbonyl (C=S) groups is 1. The number of hydrogen-bond donors (Lipinski definition) is 2. The number of halogens is 3. The van der Waals surface area contributed by atoms with E-state index in [2.05, 4.69) is 42.5 Å². The van der Waals surface area contributed by atoms with E-state index in [9.17, 15) is 4.39 Å². The zero-order valence-corrected chi connectivity index (χ0v) is 13.0. The molecule has 1 aromatic carbocycles. The fourth-order valence-corrected chi connectivity index (χ4v) is 2.56. The van der Waals surface area contributed by atoms with Gasteiger partial charge in [-0.3, -0.25) is 0 Å². The molecule has 0 atom stereocenters. The molecule has 0 aliphatic rings. The highest BCUT2D eigenvalue weighted by Gasteiger charge is 2.09. The monoisotopic (exact) mass is 384 g/mol. The molecule has 0 heterocycles. The Bertz CT molecular complexity index is 394. The van der Waals surface area contributed by atoms with E-state index >= 15 is 0 Å². The number of nitrogens with one attached hydrogen (secondary N) is 2. The Morgan fingerprint density at radius 2 is 2.18 bits per heavy atom. The van der Waals surface area contributed by atoms with Crippen molar-refractivity contribution in [1.29, 1.82) is 0 Å². The highest BCUT2D eigenvalue weighted by atomic mass is 79.9. The van der Waals surface area contributed by atoms with Gasteiger partial charge in [-0.2, -0.15) is 0 Å². The lowest BCUT2D eigenvalue weighted by Gasteiger charge is -2.12. The Hall–Kier alpha value is -0.240. The van der Waals surface area contributed by atoms with E-state index in [-0.39, 0.29) is 5.82 Å². The first-order chi connectivity index (χ1) is 8.04. The van der Waals surface area contributed by atoms with Crippen LogP contribution in [0.3, 0.4) is 0 Å². The maximum absolute atomic E-state index is 13.6. The number of methoxy groups -OCH3 is 1. The summed E-state index contributed by atoms with van der Waals surface area (Å²) >= 11 is 11.5. The average molecular weight is 386 g/mol. The molecule has 0 saturated heterocycles. The smallest absolute Gasteiger partial charge is 0.170 e. The standard InChI is InChI=1S/C10H11Br2FN2OS/c1-16-3-2-14-10(17)15-9-7(12)4-6(11)5-8(9)13/h4-5H,2-3H2,1H3,(H2,14,15,17). The van der Waals surface area contributed by atoms with E-state index in [4.69, 9.17) is 17.0 Å². The van der Waals surface area contributed by atoms with Crippen LogP contribution < -0.4 is 10.6 Å². The van der Waals surface area contributed by atoms with Crippen molar-refractivity contribution in [2.24, 2.45) is 0 Å². The average Bonchev–Trinajstić information content (AvgIpc) is 2.24. The third-order valence-corrected chi connectivity index (χ3v) is 3.17. The molecular formula is C10H11Br2FN2OS. The fourth-order valence-electron chi connectivity index (χ4n) is 1.09. The van der Waals surface area contributed by atoms with Crippen LogP contribution in [-0.2, 0) is 4.74 Å². The molecule has 7 heteroatoms. The van der Waals surface area contributed by atoms with Gasteiger partial charge < -0.3 is 15.4 Å². The van der Waals surface area contributed by atoms with Crippen LogP contribution in [0.15, 0.2) is 21.1 Å². The minimum Gasteiger partial charge on any atom is -0.383 e. The van der Waals surface area contributed by atoms with Crippen molar-refractivity contribution >= 4 is 54.9 Å². The maximum Gasteiger partial charge on any atom is 0.170 e. The van der Waals surface area contributed by atoms with Gasteiger partial charge in [-0.05, 0) is 40.3 Å². The predicted molar refractivity (Wildman–Crippen MR) is 77.9 cm³/mol. The molecule has 0 aromatic heterocycles. The maximum atomic E-state index is 13.6. The molecule has 0 saturated carbocycles. The number of hydrogen-bond acceptors (Lipinski definition) is 2. The van der Waals surface area contributed by atoms with Crippen molar-refractivity contribution in [3.8, 4) is 0 Å². The van der Waals surface area contributed by atoms with E-state index in [1.54, 1.807) is 13.2 Å². The molecule has 17 heavy (non-hydrogen) atoms. The minimum atomic E-state index is -0.387. The van der Waals surface area contributed by atoms with Gasteiger partial charge in [0.15, 0.2) is 5.11 Å². The quantitative estimate of drug-likeness (QED) is 0.615. The lowest BCUT2D eigenvalue weighted by Crippen LogP contribution is -2.31. The highest BCUT2D eigenvalue weighted by molar-refractivity contribution is 9.11. The molecule has 0 unspecified atom stereocenters. The largest absolute Gasteiger partial charge is 0.383 e. The van der Waals surface area contributed by atoms with E-state index in [1.807, 2.05) is 0 Å². The Morgan fingerprint density at radius 3 is 2.76 bits per heavy atom. The summed E-state index contributed by atoms with van der Waals surface area (Å²) in [5.74, 6) is -0.387. The molecular weight excluding hydrogens is 375 g/mol. The van der Waals surface area contributed by atoms with Gasteiger partial charge in [0.1, 0.15) is 5.82 Å². The molecule has 0 spiro atoms. The normalized spacial score (nSPS) is 10.1. The first-order valence-corrected chi connectivity index (χ1v) is 6.72. The lowest BCUT2D eigenvalue weighted by atomic mass is 10.3. The zero-order valence-electron chi connectivity index (χ0n) is 9.02. The van der Waals surface area contributed by atoms with Crippen molar-refractivity contribution < 1.29 is 9.13 Å². The Kier molecular flexibility index (Phi) is 6.32. The number of anilines is 1. The van der Waals surface area contributed by atoms with Crippen LogP contribution in [-0.4, -0.2) is 25.4 Å². The molecule has 0 aliphatic carbocycles. The van der Waals surface area contributed by atoms with Crippen LogP contribution in [0.1, 0.15) is 0 Å². The Morgan fingerprint density at radius 1 is 1.47 bits per heavy atom. The highest BCUT2D eigenvalue weighted by Crippen LogP contribution is 2.29. The van der Waals surface area contributed by atoms with Crippen molar-refractivity contribution in [2.75, 3.05) is 25.6 Å². The number of benzene rings is 1. The summed E-state index contributed by atoms with van der Waals surface area (Å²) in [6, 6.07) is 3.11. The van der Waals surface area contributed by atoms with E-state index < -0.39 is 0 Å². The van der Waals surface area contributed by atoms with Crippen LogP contribution in [0.2, 0.25) is 0 Å². The molecule has 1 rings (SSSR count). The summed E-state index contributed by atoms with van der Waals surface area (Å²) < 4.78 is 19.7. The molecule has 1 aromatic rings. The molecule has 3 nitrogen and oxygen atoms in total. The van der Waals surface area contributed by atoms with Gasteiger partial charge in [0.05, 0.1) is 12.3 Å². The summed E-state index contributed by atoms with van der Waals surface area (Å²) in [5, 5.41) is 6.03. The van der Waals surface area contributed by atoms with Crippen LogP contribution in [0.25, 0.3) is 0 Å². The van der Waals surface area contributed by atoms with Crippen LogP contribution in [0.5, 0.6) is 0 Å². The van der Waals surface area contributed by atoms with Gasteiger partial charge in [-0.1, -0.05) is 15.9 Å². The van der Waals surface area contributed by atoms with E-state index in [0.717, 1.165) is 0 Å². The van der Waals surface area contributed by atoms with Crippen molar-refractivity contribution in [2.45, 2.75) is 0 Å². The zero-order chi connectivity index (χ0) is 12.8. The number of rotatable bonds is 4. The van der Waals surface area contributed by atoms with Crippen molar-refractivity contribution in [3.05, 3.63) is 26.9 Å². The summed E-state index contributed by atoms with van der Waals surface area (Å²) in [4.78, 5) is 0. The molecule has 0 amide bonds. The summed E-state index contributed by atoms with van der Waals surface area (Å²) in [5.41, 5.74) is 0.308. The van der Waals surface area contributed by atoms with Crippen molar-refractivity contribution in [1.82, 2.24) is 5.32 Å². The van der Waals surface area contributed by atoms with Gasteiger partial charge in [0.25, 0.3) is 0 Å². The topological polar surface area (TPSA) is 33.3 Å². The molecule has 0 bridgehead atoms. The summed E-state index contributed by atoms with van der Waals surface area (Å²) in [6.07, 6.45) is 0. The van der Waals surface area contributed by atoms with Crippen LogP contribution in [0.4, 0.5) is 10.1 Å². The molecule has 0 radical (unpaired) electrons. The second-order valence-corrected chi connectivity index (χ2v) is 5.30. The molecule has 0 aliphatic heterocycles. The SMILES string of the molecule is COCCNC(=S)Nc1c(F)cc(Br)cc1Br. The Balaban J connectivity index is 2.65. The third kappa shape index (κ3) is 4.87. The summed E-state index contributed by atoms with van der Waals surface area (Å²) in [6.45, 7) is 1.10. The van der Waals surface area contributed by atoms with Gasteiger partial charge >= 0.3 is 0 Å². The first kappa shape index (κ1) is 14.8. The Labute approximate surface area is 121 Å². The van der Waals surface area contributed by atoms with Gasteiger partial charge in [0, 0.05) is 22.6 Å². The van der Waals surface area contributed by atoms with Crippen LogP contribution in [0, 0.1) is 5.82 Å².